The van der Waals surface area contributed by atoms with Gasteiger partial charge in [-0.1, -0.05) is 78.9 Å². The molecular formula is C31H22N2. The van der Waals surface area contributed by atoms with E-state index in [4.69, 9.17) is 0 Å². The molecule has 5 aromatic carbocycles. The standard InChI is InChI=1S/C31H22N2/c1-32-28-16-7-5-14-24(28)26-20-31-27(19-30(26)32)25-15-6-8-17-29(25)33(31)23-13-9-12-22(18-23)21-10-3-2-4-11-21/h2-20H,1H3. The van der Waals surface area contributed by atoms with E-state index in [0.29, 0.717) is 0 Å². The Morgan fingerprint density at radius 3 is 1.85 bits per heavy atom. The normalized spacial score (nSPS) is 11.8. The predicted octanol–water partition coefficient (Wildman–Crippen LogP) is 8.10. The summed E-state index contributed by atoms with van der Waals surface area (Å²) in [6.45, 7) is 0. The van der Waals surface area contributed by atoms with Crippen LogP contribution in [0.15, 0.2) is 115 Å². The van der Waals surface area contributed by atoms with Crippen LogP contribution in [0.5, 0.6) is 0 Å². The molecule has 2 nitrogen and oxygen atoms in total. The van der Waals surface area contributed by atoms with E-state index in [1.54, 1.807) is 0 Å². The van der Waals surface area contributed by atoms with E-state index in [1.165, 1.54) is 60.4 Å². The van der Waals surface area contributed by atoms with Gasteiger partial charge in [0.25, 0.3) is 0 Å². The molecule has 0 N–H and O–H groups in total. The molecule has 2 heterocycles. The Bertz CT molecular complexity index is 1820. The maximum Gasteiger partial charge on any atom is 0.0548 e. The van der Waals surface area contributed by atoms with Crippen molar-refractivity contribution in [3.8, 4) is 16.8 Å². The van der Waals surface area contributed by atoms with Gasteiger partial charge < -0.3 is 9.13 Å². The number of nitrogens with zero attached hydrogens (tertiary/aromatic N) is 2. The summed E-state index contributed by atoms with van der Waals surface area (Å²) < 4.78 is 4.73. The fourth-order valence-electron chi connectivity index (χ4n) is 5.35. The summed E-state index contributed by atoms with van der Waals surface area (Å²) in [5, 5.41) is 5.16. The third kappa shape index (κ3) is 2.61. The van der Waals surface area contributed by atoms with Crippen molar-refractivity contribution in [1.29, 1.82) is 0 Å². The number of benzene rings is 5. The molecule has 0 aliphatic carbocycles. The molecule has 0 fully saturated rings. The SMILES string of the molecule is Cn1c2ccccc2c2cc3c(cc21)c1ccccc1n3-c1cccc(-c2ccccc2)c1. The quantitative estimate of drug-likeness (QED) is 0.266. The van der Waals surface area contributed by atoms with Crippen molar-refractivity contribution in [1.82, 2.24) is 9.13 Å². The van der Waals surface area contributed by atoms with E-state index in [-0.39, 0.29) is 0 Å². The van der Waals surface area contributed by atoms with E-state index < -0.39 is 0 Å². The Morgan fingerprint density at radius 2 is 1.03 bits per heavy atom. The Hall–Kier alpha value is -4.30. The highest BCUT2D eigenvalue weighted by molar-refractivity contribution is 6.18. The first kappa shape index (κ1) is 18.3. The summed E-state index contributed by atoms with van der Waals surface area (Å²) >= 11 is 0. The van der Waals surface area contributed by atoms with Gasteiger partial charge in [-0.2, -0.15) is 0 Å². The number of fused-ring (bicyclic) bond motifs is 6. The molecule has 0 unspecified atom stereocenters. The van der Waals surface area contributed by atoms with Crippen molar-refractivity contribution in [3.63, 3.8) is 0 Å². The predicted molar refractivity (Wildman–Crippen MR) is 140 cm³/mol. The average molecular weight is 423 g/mol. The Morgan fingerprint density at radius 1 is 0.424 bits per heavy atom. The fraction of sp³-hybridized carbons (Fsp3) is 0.0323. The van der Waals surface area contributed by atoms with Gasteiger partial charge in [0.2, 0.25) is 0 Å². The van der Waals surface area contributed by atoms with E-state index in [9.17, 15) is 0 Å². The summed E-state index contributed by atoms with van der Waals surface area (Å²) in [6.07, 6.45) is 0. The number of aromatic nitrogens is 2. The molecular weight excluding hydrogens is 400 g/mol. The van der Waals surface area contributed by atoms with Crippen LogP contribution >= 0.6 is 0 Å². The van der Waals surface area contributed by atoms with Crippen molar-refractivity contribution >= 4 is 43.6 Å². The van der Waals surface area contributed by atoms with Crippen LogP contribution in [0, 0.1) is 0 Å². The molecule has 0 atom stereocenters. The molecule has 0 amide bonds. The minimum atomic E-state index is 1.18. The van der Waals surface area contributed by atoms with Gasteiger partial charge in [0.05, 0.1) is 11.0 Å². The molecule has 0 radical (unpaired) electrons. The zero-order valence-corrected chi connectivity index (χ0v) is 18.4. The number of rotatable bonds is 2. The van der Waals surface area contributed by atoms with Crippen molar-refractivity contribution in [3.05, 3.63) is 115 Å². The number of hydrogen-bond acceptors (Lipinski definition) is 0. The lowest BCUT2D eigenvalue weighted by atomic mass is 10.1. The highest BCUT2D eigenvalue weighted by atomic mass is 15.0. The van der Waals surface area contributed by atoms with E-state index in [2.05, 4.69) is 131 Å². The molecule has 2 aromatic heterocycles. The largest absolute Gasteiger partial charge is 0.344 e. The molecule has 0 aliphatic rings. The monoisotopic (exact) mass is 422 g/mol. The van der Waals surface area contributed by atoms with Crippen molar-refractivity contribution in [2.75, 3.05) is 0 Å². The van der Waals surface area contributed by atoms with Crippen LogP contribution in [-0.4, -0.2) is 9.13 Å². The van der Waals surface area contributed by atoms with Gasteiger partial charge in [0, 0.05) is 45.3 Å². The molecule has 156 valence electrons. The molecule has 7 rings (SSSR count). The van der Waals surface area contributed by atoms with Gasteiger partial charge in [0.15, 0.2) is 0 Å². The Kier molecular flexibility index (Phi) is 3.80. The Balaban J connectivity index is 1.60. The smallest absolute Gasteiger partial charge is 0.0548 e. The third-order valence-electron chi connectivity index (χ3n) is 6.92. The van der Waals surface area contributed by atoms with Gasteiger partial charge in [-0.25, -0.2) is 0 Å². The number of para-hydroxylation sites is 2. The van der Waals surface area contributed by atoms with Gasteiger partial charge >= 0.3 is 0 Å². The van der Waals surface area contributed by atoms with E-state index in [0.717, 1.165) is 0 Å². The van der Waals surface area contributed by atoms with Crippen LogP contribution in [0.3, 0.4) is 0 Å². The molecule has 0 aliphatic heterocycles. The molecule has 0 saturated heterocycles. The second-order valence-corrected chi connectivity index (χ2v) is 8.73. The summed E-state index contributed by atoms with van der Waals surface area (Å²) in [5.74, 6) is 0. The summed E-state index contributed by atoms with van der Waals surface area (Å²) in [5.41, 5.74) is 8.65. The van der Waals surface area contributed by atoms with Crippen LogP contribution in [0.25, 0.3) is 60.4 Å². The zero-order valence-electron chi connectivity index (χ0n) is 18.4. The first-order valence-corrected chi connectivity index (χ1v) is 11.4. The molecule has 0 saturated carbocycles. The third-order valence-corrected chi connectivity index (χ3v) is 6.92. The fourth-order valence-corrected chi connectivity index (χ4v) is 5.35. The van der Waals surface area contributed by atoms with Crippen LogP contribution in [0.2, 0.25) is 0 Å². The second-order valence-electron chi connectivity index (χ2n) is 8.73. The number of hydrogen-bond donors (Lipinski definition) is 0. The molecule has 33 heavy (non-hydrogen) atoms. The summed E-state index contributed by atoms with van der Waals surface area (Å²) in [4.78, 5) is 0. The minimum absolute atomic E-state index is 1.18. The van der Waals surface area contributed by atoms with Crippen molar-refractivity contribution in [2.45, 2.75) is 0 Å². The molecule has 0 bridgehead atoms. The summed E-state index contributed by atoms with van der Waals surface area (Å²) in [7, 11) is 2.17. The van der Waals surface area contributed by atoms with Crippen LogP contribution in [0.1, 0.15) is 0 Å². The van der Waals surface area contributed by atoms with E-state index in [1.807, 2.05) is 0 Å². The van der Waals surface area contributed by atoms with Crippen molar-refractivity contribution in [2.24, 2.45) is 7.05 Å². The summed E-state index contributed by atoms with van der Waals surface area (Å²) in [6, 6.07) is 41.6. The molecule has 0 spiro atoms. The van der Waals surface area contributed by atoms with Gasteiger partial charge in [0.1, 0.15) is 0 Å². The minimum Gasteiger partial charge on any atom is -0.344 e. The average Bonchev–Trinajstić information content (AvgIpc) is 3.35. The molecule has 2 heteroatoms. The lowest BCUT2D eigenvalue weighted by Gasteiger charge is -2.10. The maximum atomic E-state index is 2.42. The maximum absolute atomic E-state index is 2.42. The highest BCUT2D eigenvalue weighted by Crippen LogP contribution is 2.38. The topological polar surface area (TPSA) is 9.86 Å². The van der Waals surface area contributed by atoms with E-state index >= 15 is 0 Å². The van der Waals surface area contributed by atoms with Crippen molar-refractivity contribution < 1.29 is 0 Å². The van der Waals surface area contributed by atoms with Gasteiger partial charge in [-0.05, 0) is 47.5 Å². The van der Waals surface area contributed by atoms with Gasteiger partial charge in [-0.3, -0.25) is 0 Å². The van der Waals surface area contributed by atoms with Crippen LogP contribution < -0.4 is 0 Å². The zero-order chi connectivity index (χ0) is 21.9. The molecule has 7 aromatic rings. The van der Waals surface area contributed by atoms with Gasteiger partial charge in [-0.15, -0.1) is 0 Å². The lowest BCUT2D eigenvalue weighted by Crippen LogP contribution is -1.94. The number of aryl methyl sites for hydroxylation is 1. The first-order chi connectivity index (χ1) is 16.3. The second kappa shape index (κ2) is 6.85. The Labute approximate surface area is 191 Å². The van der Waals surface area contributed by atoms with Crippen LogP contribution in [-0.2, 0) is 7.05 Å². The first-order valence-electron chi connectivity index (χ1n) is 11.4. The van der Waals surface area contributed by atoms with Crippen LogP contribution in [0.4, 0.5) is 0 Å². The lowest BCUT2D eigenvalue weighted by molar-refractivity contribution is 1.02. The highest BCUT2D eigenvalue weighted by Gasteiger charge is 2.16.